The van der Waals surface area contributed by atoms with Crippen molar-refractivity contribution in [1.82, 2.24) is 19.5 Å². The summed E-state index contributed by atoms with van der Waals surface area (Å²) in [7, 11) is 0. The first-order valence-electron chi connectivity index (χ1n) is 15.1. The summed E-state index contributed by atoms with van der Waals surface area (Å²) >= 11 is 0. The normalized spacial score (nSPS) is 12.0. The molecule has 0 N–H and O–H groups in total. The summed E-state index contributed by atoms with van der Waals surface area (Å²) < 4.78 is 42.6. The van der Waals surface area contributed by atoms with Gasteiger partial charge in [0.1, 0.15) is 34.0 Å². The predicted octanol–water partition coefficient (Wildman–Crippen LogP) is 10.4. The van der Waals surface area contributed by atoms with Gasteiger partial charge in [0.15, 0.2) is 11.6 Å². The van der Waals surface area contributed by atoms with Gasteiger partial charge in [-0.05, 0) is 84.9 Å². The Morgan fingerprint density at radius 1 is 0.426 bits per heavy atom. The monoisotopic (exact) mass is 614 g/mol. The van der Waals surface area contributed by atoms with E-state index < -0.39 is 0 Å². The molecule has 0 saturated heterocycles. The van der Waals surface area contributed by atoms with E-state index in [2.05, 4.69) is 24.3 Å². The second-order valence-corrected chi connectivity index (χ2v) is 11.6. The maximum atomic E-state index is 14.3. The number of para-hydroxylation sites is 2. The van der Waals surface area contributed by atoms with Crippen LogP contribution in [0.2, 0.25) is 0 Å². The Morgan fingerprint density at radius 3 is 1.34 bits per heavy atom. The van der Waals surface area contributed by atoms with Crippen molar-refractivity contribution in [1.29, 1.82) is 0 Å². The largest absolute Gasteiger partial charge is 0.456 e. The quantitative estimate of drug-likeness (QED) is 0.198. The van der Waals surface area contributed by atoms with Gasteiger partial charge in [-0.15, -0.1) is 0 Å². The molecule has 4 aromatic heterocycles. The fourth-order valence-electron chi connectivity index (χ4n) is 6.64. The lowest BCUT2D eigenvalue weighted by Gasteiger charge is -2.11. The minimum Gasteiger partial charge on any atom is -0.456 e. The third-order valence-electron chi connectivity index (χ3n) is 8.78. The summed E-state index contributed by atoms with van der Waals surface area (Å²) in [5.74, 6) is 0.617. The average molecular weight is 615 g/mol. The van der Waals surface area contributed by atoms with Gasteiger partial charge in [0.05, 0.1) is 11.0 Å². The number of aromatic nitrogens is 4. The molecule has 0 bridgehead atoms. The molecule has 222 valence electrons. The highest BCUT2D eigenvalue weighted by atomic mass is 19.1. The van der Waals surface area contributed by atoms with Gasteiger partial charge in [-0.2, -0.15) is 9.97 Å². The van der Waals surface area contributed by atoms with Crippen LogP contribution >= 0.6 is 0 Å². The van der Waals surface area contributed by atoms with Crippen molar-refractivity contribution in [3.05, 3.63) is 133 Å². The van der Waals surface area contributed by atoms with Crippen molar-refractivity contribution >= 4 is 65.7 Å². The number of halogens is 2. The highest BCUT2D eigenvalue weighted by Gasteiger charge is 2.19. The van der Waals surface area contributed by atoms with Gasteiger partial charge in [0.25, 0.3) is 0 Å². The second kappa shape index (κ2) is 9.55. The molecular weight excluding hydrogens is 594 g/mol. The molecule has 10 aromatic rings. The molecule has 0 fully saturated rings. The maximum absolute atomic E-state index is 14.3. The maximum Gasteiger partial charge on any atom is 0.238 e. The van der Waals surface area contributed by atoms with Crippen LogP contribution in [0.15, 0.2) is 130 Å². The van der Waals surface area contributed by atoms with E-state index in [-0.39, 0.29) is 11.6 Å². The molecule has 8 heteroatoms. The number of benzene rings is 6. The molecule has 0 saturated carbocycles. The summed E-state index contributed by atoms with van der Waals surface area (Å²) in [6.07, 6.45) is 0. The Hall–Kier alpha value is -6.41. The van der Waals surface area contributed by atoms with Gasteiger partial charge in [0.2, 0.25) is 5.95 Å². The second-order valence-electron chi connectivity index (χ2n) is 11.6. The topological polar surface area (TPSA) is 69.9 Å². The molecule has 0 unspecified atom stereocenters. The molecule has 0 spiro atoms. The van der Waals surface area contributed by atoms with Gasteiger partial charge in [-0.3, -0.25) is 4.57 Å². The Kier molecular flexibility index (Phi) is 5.25. The first-order valence-corrected chi connectivity index (χ1v) is 15.1. The molecule has 0 amide bonds. The van der Waals surface area contributed by atoms with Gasteiger partial charge in [0, 0.05) is 43.4 Å². The number of hydrogen-bond donors (Lipinski definition) is 0. The molecule has 47 heavy (non-hydrogen) atoms. The van der Waals surface area contributed by atoms with Crippen molar-refractivity contribution in [2.45, 2.75) is 0 Å². The van der Waals surface area contributed by atoms with Gasteiger partial charge < -0.3 is 8.83 Å². The standard InChI is InChI=1S/C39H20F2N4O2/c40-23-11-15-35-29(19-23)27-17-21(9-13-33(27)46-35)37-42-38(22-10-14-34-28(18-22)30-20-24(41)12-16-36(30)47-34)44-39(43-37)45-31-7-3-1-5-25(31)26-6-2-4-8-32(26)45/h1-20H. The van der Waals surface area contributed by atoms with Crippen LogP contribution in [0.3, 0.4) is 0 Å². The Balaban J connectivity index is 1.26. The fraction of sp³-hybridized carbons (Fsp3) is 0. The van der Waals surface area contributed by atoms with Crippen LogP contribution in [-0.2, 0) is 0 Å². The van der Waals surface area contributed by atoms with Gasteiger partial charge in [-0.25, -0.2) is 13.8 Å². The minimum absolute atomic E-state index is 0.344. The molecule has 0 aliphatic rings. The molecule has 0 aliphatic carbocycles. The molecule has 4 heterocycles. The molecule has 0 aliphatic heterocycles. The summed E-state index contributed by atoms with van der Waals surface area (Å²) in [6, 6.07) is 36.6. The number of furan rings is 2. The van der Waals surface area contributed by atoms with E-state index in [0.717, 1.165) is 32.6 Å². The van der Waals surface area contributed by atoms with Gasteiger partial charge in [-0.1, -0.05) is 36.4 Å². The zero-order valence-electron chi connectivity index (χ0n) is 24.4. The average Bonchev–Trinajstić information content (AvgIpc) is 3.76. The van der Waals surface area contributed by atoms with E-state index in [1.165, 1.54) is 24.3 Å². The fourth-order valence-corrected chi connectivity index (χ4v) is 6.64. The van der Waals surface area contributed by atoms with Crippen LogP contribution in [0.25, 0.3) is 94.4 Å². The number of nitrogens with zero attached hydrogens (tertiary/aromatic N) is 4. The first kappa shape index (κ1) is 25.9. The van der Waals surface area contributed by atoms with Crippen LogP contribution < -0.4 is 0 Å². The van der Waals surface area contributed by atoms with Gasteiger partial charge >= 0.3 is 0 Å². The summed E-state index contributed by atoms with van der Waals surface area (Å²) in [4.78, 5) is 15.1. The van der Waals surface area contributed by atoms with E-state index in [9.17, 15) is 8.78 Å². The zero-order valence-corrected chi connectivity index (χ0v) is 24.4. The van der Waals surface area contributed by atoms with Crippen molar-refractivity contribution in [3.63, 3.8) is 0 Å². The van der Waals surface area contributed by atoms with Crippen LogP contribution in [0.1, 0.15) is 0 Å². The molecular formula is C39H20F2N4O2. The van der Waals surface area contributed by atoms with Crippen molar-refractivity contribution in [3.8, 4) is 28.7 Å². The summed E-state index contributed by atoms with van der Waals surface area (Å²) in [5, 5.41) is 5.00. The number of fused-ring (bicyclic) bond motifs is 9. The smallest absolute Gasteiger partial charge is 0.238 e. The van der Waals surface area contributed by atoms with E-state index in [1.54, 1.807) is 12.1 Å². The zero-order chi connectivity index (χ0) is 31.2. The van der Waals surface area contributed by atoms with Crippen LogP contribution in [-0.4, -0.2) is 19.5 Å². The van der Waals surface area contributed by atoms with Crippen LogP contribution in [0, 0.1) is 11.6 Å². The number of rotatable bonds is 3. The van der Waals surface area contributed by atoms with Crippen LogP contribution in [0.5, 0.6) is 0 Å². The number of hydrogen-bond acceptors (Lipinski definition) is 5. The predicted molar refractivity (Wildman–Crippen MR) is 180 cm³/mol. The van der Waals surface area contributed by atoms with Crippen molar-refractivity contribution in [2.75, 3.05) is 0 Å². The summed E-state index contributed by atoms with van der Waals surface area (Å²) in [6.45, 7) is 0. The first-order chi connectivity index (χ1) is 23.1. The molecule has 6 nitrogen and oxygen atoms in total. The van der Waals surface area contributed by atoms with E-state index in [0.29, 0.717) is 61.8 Å². The summed E-state index contributed by atoms with van der Waals surface area (Å²) in [5.41, 5.74) is 5.80. The molecule has 0 atom stereocenters. The third kappa shape index (κ3) is 3.91. The minimum atomic E-state index is -0.344. The SMILES string of the molecule is Fc1ccc2oc3ccc(-c4nc(-c5ccc6oc7ccc(F)cc7c6c5)nc(-n5c6ccccc6c6ccccc65)n4)cc3c2c1. The van der Waals surface area contributed by atoms with E-state index in [4.69, 9.17) is 23.8 Å². The van der Waals surface area contributed by atoms with Crippen LogP contribution in [0.4, 0.5) is 8.78 Å². The molecule has 10 rings (SSSR count). The van der Waals surface area contributed by atoms with E-state index >= 15 is 0 Å². The lowest BCUT2D eigenvalue weighted by atomic mass is 10.1. The Bertz CT molecular complexity index is 2710. The van der Waals surface area contributed by atoms with E-state index in [1.807, 2.05) is 65.2 Å². The Labute approximate surface area is 264 Å². The highest BCUT2D eigenvalue weighted by molar-refractivity contribution is 6.09. The molecule has 6 aromatic carbocycles. The third-order valence-corrected chi connectivity index (χ3v) is 8.78. The molecule has 0 radical (unpaired) electrons. The highest BCUT2D eigenvalue weighted by Crippen LogP contribution is 2.36. The Morgan fingerprint density at radius 2 is 0.851 bits per heavy atom. The van der Waals surface area contributed by atoms with Crippen molar-refractivity contribution < 1.29 is 17.6 Å². The lowest BCUT2D eigenvalue weighted by molar-refractivity contribution is 0.626. The van der Waals surface area contributed by atoms with Crippen molar-refractivity contribution in [2.24, 2.45) is 0 Å². The lowest BCUT2D eigenvalue weighted by Crippen LogP contribution is -2.06.